The fourth-order valence-electron chi connectivity index (χ4n) is 2.25. The number of hydrogen-bond acceptors (Lipinski definition) is 6. The molecule has 0 radical (unpaired) electrons. The highest BCUT2D eigenvalue weighted by molar-refractivity contribution is 6.32. The molecule has 24 heavy (non-hydrogen) atoms. The fraction of sp³-hybridized carbons (Fsp3) is 0.118. The van der Waals surface area contributed by atoms with Gasteiger partial charge >= 0.3 is 0 Å². The Morgan fingerprint density at radius 1 is 1.00 bits per heavy atom. The van der Waals surface area contributed by atoms with Crippen molar-refractivity contribution in [1.82, 2.24) is 15.0 Å². The maximum atomic E-state index is 6.19. The van der Waals surface area contributed by atoms with Gasteiger partial charge in [0.15, 0.2) is 16.8 Å². The van der Waals surface area contributed by atoms with Crippen LogP contribution in [0.4, 0.5) is 23.0 Å². The zero-order chi connectivity index (χ0) is 16.9. The van der Waals surface area contributed by atoms with Gasteiger partial charge in [0.2, 0.25) is 0 Å². The SMILES string of the molecule is CC(Nc1ncnc(Nc2cccnc2Cl)c1N)c1ccccc1. The van der Waals surface area contributed by atoms with E-state index in [1.165, 1.54) is 6.33 Å². The van der Waals surface area contributed by atoms with Crippen molar-refractivity contribution in [3.63, 3.8) is 0 Å². The van der Waals surface area contributed by atoms with Gasteiger partial charge in [-0.05, 0) is 24.6 Å². The molecule has 2 aromatic heterocycles. The van der Waals surface area contributed by atoms with E-state index < -0.39 is 0 Å². The van der Waals surface area contributed by atoms with Crippen LogP contribution in [0.3, 0.4) is 0 Å². The lowest BCUT2D eigenvalue weighted by Gasteiger charge is -2.17. The van der Waals surface area contributed by atoms with Gasteiger partial charge in [-0.25, -0.2) is 15.0 Å². The minimum Gasteiger partial charge on any atom is -0.393 e. The van der Waals surface area contributed by atoms with Crippen LogP contribution in [0.5, 0.6) is 0 Å². The maximum Gasteiger partial charge on any atom is 0.159 e. The molecule has 0 bridgehead atoms. The maximum absolute atomic E-state index is 6.19. The highest BCUT2D eigenvalue weighted by atomic mass is 35.5. The number of benzene rings is 1. The molecule has 2 heterocycles. The number of nitrogens with two attached hydrogens (primary N) is 1. The van der Waals surface area contributed by atoms with Crippen LogP contribution in [0.25, 0.3) is 0 Å². The zero-order valence-corrected chi connectivity index (χ0v) is 13.8. The summed E-state index contributed by atoms with van der Waals surface area (Å²) >= 11 is 6.06. The first-order valence-electron chi connectivity index (χ1n) is 7.44. The molecule has 3 rings (SSSR count). The van der Waals surface area contributed by atoms with Gasteiger partial charge in [0.25, 0.3) is 0 Å². The summed E-state index contributed by atoms with van der Waals surface area (Å²) in [4.78, 5) is 12.4. The van der Waals surface area contributed by atoms with Crippen LogP contribution in [0, 0.1) is 0 Å². The second kappa shape index (κ2) is 7.14. The lowest BCUT2D eigenvalue weighted by atomic mass is 10.1. The standard InChI is InChI=1S/C17H17ClN6/c1-11(12-6-3-2-4-7-12)23-16-14(19)17(22-10-21-16)24-13-8-5-9-20-15(13)18/h2-11H,19H2,1H3,(H2,21,22,23,24). The highest BCUT2D eigenvalue weighted by Gasteiger charge is 2.13. The van der Waals surface area contributed by atoms with Crippen LogP contribution < -0.4 is 16.4 Å². The normalized spacial score (nSPS) is 11.8. The summed E-state index contributed by atoms with van der Waals surface area (Å²) in [5.41, 5.74) is 8.38. The number of halogens is 1. The molecule has 0 fully saturated rings. The van der Waals surface area contributed by atoms with Crippen molar-refractivity contribution in [3.05, 3.63) is 65.7 Å². The second-order valence-electron chi connectivity index (χ2n) is 5.23. The Bertz CT molecular complexity index is 824. The number of nitrogen functional groups attached to an aromatic ring is 1. The Labute approximate surface area is 145 Å². The second-order valence-corrected chi connectivity index (χ2v) is 5.59. The molecule has 4 N–H and O–H groups in total. The van der Waals surface area contributed by atoms with E-state index >= 15 is 0 Å². The predicted molar refractivity (Wildman–Crippen MR) is 97.5 cm³/mol. The van der Waals surface area contributed by atoms with Crippen molar-refractivity contribution in [2.75, 3.05) is 16.4 Å². The van der Waals surface area contributed by atoms with E-state index in [0.29, 0.717) is 28.2 Å². The summed E-state index contributed by atoms with van der Waals surface area (Å²) in [6.07, 6.45) is 3.06. The van der Waals surface area contributed by atoms with Gasteiger partial charge in [-0.15, -0.1) is 0 Å². The molecule has 3 aromatic rings. The minimum absolute atomic E-state index is 0.0539. The van der Waals surface area contributed by atoms with E-state index in [9.17, 15) is 0 Å². The number of rotatable bonds is 5. The molecular formula is C17H17ClN6. The number of pyridine rings is 1. The molecular weight excluding hydrogens is 324 g/mol. The van der Waals surface area contributed by atoms with Gasteiger partial charge in [-0.3, -0.25) is 0 Å². The van der Waals surface area contributed by atoms with Gasteiger partial charge in [0.1, 0.15) is 12.0 Å². The number of nitrogens with one attached hydrogen (secondary N) is 2. The molecule has 0 aliphatic rings. The molecule has 0 spiro atoms. The van der Waals surface area contributed by atoms with E-state index in [1.807, 2.05) is 37.3 Å². The fourth-order valence-corrected chi connectivity index (χ4v) is 2.41. The van der Waals surface area contributed by atoms with Crippen LogP contribution >= 0.6 is 11.6 Å². The average molecular weight is 341 g/mol. The van der Waals surface area contributed by atoms with Crippen molar-refractivity contribution >= 4 is 34.6 Å². The molecule has 122 valence electrons. The van der Waals surface area contributed by atoms with Crippen LogP contribution in [-0.4, -0.2) is 15.0 Å². The lowest BCUT2D eigenvalue weighted by Crippen LogP contribution is -2.11. The third kappa shape index (κ3) is 3.55. The number of aromatic nitrogens is 3. The Morgan fingerprint density at radius 3 is 2.50 bits per heavy atom. The first-order chi connectivity index (χ1) is 11.6. The highest BCUT2D eigenvalue weighted by Crippen LogP contribution is 2.30. The third-order valence-corrected chi connectivity index (χ3v) is 3.85. The van der Waals surface area contributed by atoms with E-state index in [1.54, 1.807) is 18.3 Å². The Morgan fingerprint density at radius 2 is 1.75 bits per heavy atom. The molecule has 7 heteroatoms. The van der Waals surface area contributed by atoms with Crippen LogP contribution in [0.2, 0.25) is 5.15 Å². The van der Waals surface area contributed by atoms with Crippen molar-refractivity contribution in [3.8, 4) is 0 Å². The number of hydrogen-bond donors (Lipinski definition) is 3. The molecule has 0 aliphatic heterocycles. The molecule has 0 aliphatic carbocycles. The van der Waals surface area contributed by atoms with E-state index in [-0.39, 0.29) is 6.04 Å². The monoisotopic (exact) mass is 340 g/mol. The Balaban J connectivity index is 1.82. The van der Waals surface area contributed by atoms with Crippen molar-refractivity contribution in [1.29, 1.82) is 0 Å². The van der Waals surface area contributed by atoms with Crippen LogP contribution in [-0.2, 0) is 0 Å². The minimum atomic E-state index is 0.0539. The molecule has 1 unspecified atom stereocenters. The van der Waals surface area contributed by atoms with E-state index in [0.717, 1.165) is 5.56 Å². The summed E-state index contributed by atoms with van der Waals surface area (Å²) in [7, 11) is 0. The molecule has 0 saturated heterocycles. The van der Waals surface area contributed by atoms with Gasteiger partial charge in [0, 0.05) is 6.20 Å². The van der Waals surface area contributed by atoms with E-state index in [2.05, 4.69) is 25.6 Å². The van der Waals surface area contributed by atoms with Crippen LogP contribution in [0.15, 0.2) is 55.0 Å². The summed E-state index contributed by atoms with van der Waals surface area (Å²) < 4.78 is 0. The molecule has 0 amide bonds. The molecule has 6 nitrogen and oxygen atoms in total. The summed E-state index contributed by atoms with van der Waals surface area (Å²) in [5.74, 6) is 1.03. The largest absolute Gasteiger partial charge is 0.393 e. The lowest BCUT2D eigenvalue weighted by molar-refractivity contribution is 0.873. The van der Waals surface area contributed by atoms with Crippen molar-refractivity contribution in [2.24, 2.45) is 0 Å². The average Bonchev–Trinajstić information content (AvgIpc) is 2.61. The molecule has 1 aromatic carbocycles. The quantitative estimate of drug-likeness (QED) is 0.608. The van der Waals surface area contributed by atoms with Crippen molar-refractivity contribution < 1.29 is 0 Å². The van der Waals surface area contributed by atoms with Gasteiger partial charge < -0.3 is 16.4 Å². The Kier molecular flexibility index (Phi) is 4.77. The predicted octanol–water partition coefficient (Wildman–Crippen LogP) is 4.02. The summed E-state index contributed by atoms with van der Waals surface area (Å²) in [6, 6.07) is 13.7. The van der Waals surface area contributed by atoms with Crippen molar-refractivity contribution in [2.45, 2.75) is 13.0 Å². The molecule has 0 saturated carbocycles. The molecule has 1 atom stereocenters. The zero-order valence-electron chi connectivity index (χ0n) is 13.1. The Hall–Kier alpha value is -2.86. The number of anilines is 4. The summed E-state index contributed by atoms with van der Waals surface area (Å²) in [6.45, 7) is 2.04. The third-order valence-electron chi connectivity index (χ3n) is 3.55. The van der Waals surface area contributed by atoms with Gasteiger partial charge in [-0.2, -0.15) is 0 Å². The topological polar surface area (TPSA) is 88.8 Å². The number of nitrogens with zero attached hydrogens (tertiary/aromatic N) is 3. The van der Waals surface area contributed by atoms with Gasteiger partial charge in [0.05, 0.1) is 11.7 Å². The van der Waals surface area contributed by atoms with Gasteiger partial charge in [-0.1, -0.05) is 41.9 Å². The summed E-state index contributed by atoms with van der Waals surface area (Å²) in [5, 5.41) is 6.74. The first-order valence-corrected chi connectivity index (χ1v) is 7.82. The smallest absolute Gasteiger partial charge is 0.159 e. The van der Waals surface area contributed by atoms with E-state index in [4.69, 9.17) is 17.3 Å². The first kappa shape index (κ1) is 16.0. The van der Waals surface area contributed by atoms with Crippen LogP contribution in [0.1, 0.15) is 18.5 Å².